The first kappa shape index (κ1) is 19.5. The van der Waals surface area contributed by atoms with Gasteiger partial charge in [0.05, 0.1) is 6.54 Å². The van der Waals surface area contributed by atoms with Gasteiger partial charge in [0.1, 0.15) is 11.4 Å². The van der Waals surface area contributed by atoms with Gasteiger partial charge in [0.25, 0.3) is 5.56 Å². The van der Waals surface area contributed by atoms with Crippen molar-refractivity contribution in [1.82, 2.24) is 9.13 Å². The molecule has 0 amide bonds. The Morgan fingerprint density at radius 3 is 2.50 bits per heavy atom. The summed E-state index contributed by atoms with van der Waals surface area (Å²) in [7, 11) is 1.36. The quantitative estimate of drug-likeness (QED) is 0.766. The Kier molecular flexibility index (Phi) is 5.69. The van der Waals surface area contributed by atoms with Crippen molar-refractivity contribution in [3.8, 4) is 0 Å². The van der Waals surface area contributed by atoms with Gasteiger partial charge in [-0.1, -0.05) is 26.0 Å². The highest BCUT2D eigenvalue weighted by atomic mass is 16.2. The van der Waals surface area contributed by atoms with E-state index in [2.05, 4.69) is 5.32 Å². The van der Waals surface area contributed by atoms with Gasteiger partial charge in [-0.25, -0.2) is 4.79 Å². The van der Waals surface area contributed by atoms with Crippen LogP contribution in [0.3, 0.4) is 0 Å². The Bertz CT molecular complexity index is 954. The SMILES string of the molecule is Cc1ccc(C)c(NCC(=O)c2c(N)n(CC(C)C)c(=O)n(C)c2=O)c1. The van der Waals surface area contributed by atoms with Gasteiger partial charge in [-0.15, -0.1) is 0 Å². The van der Waals surface area contributed by atoms with Gasteiger partial charge in [0, 0.05) is 19.3 Å². The molecular formula is C19H26N4O3. The van der Waals surface area contributed by atoms with Crippen molar-refractivity contribution in [1.29, 1.82) is 0 Å². The van der Waals surface area contributed by atoms with Gasteiger partial charge in [-0.2, -0.15) is 0 Å². The van der Waals surface area contributed by atoms with E-state index in [1.807, 2.05) is 45.9 Å². The molecule has 0 aliphatic carbocycles. The number of nitrogens with one attached hydrogen (secondary N) is 1. The number of benzene rings is 1. The number of ketones is 1. The summed E-state index contributed by atoms with van der Waals surface area (Å²) in [5.41, 5.74) is 7.58. The van der Waals surface area contributed by atoms with Crippen molar-refractivity contribution < 1.29 is 4.79 Å². The molecule has 2 rings (SSSR count). The molecule has 1 aromatic carbocycles. The van der Waals surface area contributed by atoms with E-state index in [9.17, 15) is 14.4 Å². The van der Waals surface area contributed by atoms with Crippen LogP contribution in [0.25, 0.3) is 0 Å². The summed E-state index contributed by atoms with van der Waals surface area (Å²) in [6.07, 6.45) is 0. The van der Waals surface area contributed by atoms with Crippen molar-refractivity contribution in [2.45, 2.75) is 34.2 Å². The van der Waals surface area contributed by atoms with Crippen LogP contribution in [-0.4, -0.2) is 21.5 Å². The summed E-state index contributed by atoms with van der Waals surface area (Å²) in [6, 6.07) is 5.87. The third-order valence-electron chi connectivity index (χ3n) is 4.24. The predicted octanol–water partition coefficient (Wildman–Crippen LogP) is 1.70. The molecule has 7 heteroatoms. The van der Waals surface area contributed by atoms with E-state index in [0.29, 0.717) is 6.54 Å². The van der Waals surface area contributed by atoms with E-state index in [1.54, 1.807) is 0 Å². The smallest absolute Gasteiger partial charge is 0.332 e. The monoisotopic (exact) mass is 358 g/mol. The van der Waals surface area contributed by atoms with E-state index < -0.39 is 17.0 Å². The lowest BCUT2D eigenvalue weighted by atomic mass is 10.1. The maximum absolute atomic E-state index is 12.7. The van der Waals surface area contributed by atoms with E-state index in [1.165, 1.54) is 11.6 Å². The average molecular weight is 358 g/mol. The second-order valence-electron chi connectivity index (χ2n) is 7.01. The minimum atomic E-state index is -0.666. The van der Waals surface area contributed by atoms with Crippen molar-refractivity contribution in [2.75, 3.05) is 17.6 Å². The van der Waals surface area contributed by atoms with Crippen molar-refractivity contribution in [3.63, 3.8) is 0 Å². The van der Waals surface area contributed by atoms with Crippen LogP contribution in [0.5, 0.6) is 0 Å². The third-order valence-corrected chi connectivity index (χ3v) is 4.24. The molecule has 1 heterocycles. The zero-order valence-electron chi connectivity index (χ0n) is 15.9. The Morgan fingerprint density at radius 2 is 1.88 bits per heavy atom. The molecule has 0 saturated heterocycles. The summed E-state index contributed by atoms with van der Waals surface area (Å²) in [6.45, 7) is 8.01. The number of nitrogens with zero attached hydrogens (tertiary/aromatic N) is 2. The number of anilines is 2. The summed E-state index contributed by atoms with van der Waals surface area (Å²) in [5.74, 6) is -0.371. The van der Waals surface area contributed by atoms with E-state index >= 15 is 0 Å². The van der Waals surface area contributed by atoms with Crippen molar-refractivity contribution in [3.05, 3.63) is 55.7 Å². The number of nitrogen functional groups attached to an aromatic ring is 1. The summed E-state index contributed by atoms with van der Waals surface area (Å²) >= 11 is 0. The molecule has 0 unspecified atom stereocenters. The third kappa shape index (κ3) is 3.87. The second-order valence-corrected chi connectivity index (χ2v) is 7.01. The van der Waals surface area contributed by atoms with Crippen LogP contribution in [0.1, 0.15) is 35.3 Å². The number of nitrogens with two attached hydrogens (primary N) is 1. The topological polar surface area (TPSA) is 99.1 Å². The number of rotatable bonds is 6. The van der Waals surface area contributed by atoms with E-state index in [0.717, 1.165) is 21.4 Å². The molecule has 26 heavy (non-hydrogen) atoms. The maximum Gasteiger partial charge on any atom is 0.332 e. The Hall–Kier alpha value is -2.83. The maximum atomic E-state index is 12.7. The van der Waals surface area contributed by atoms with Gasteiger partial charge in [0.15, 0.2) is 5.78 Å². The van der Waals surface area contributed by atoms with Gasteiger partial charge < -0.3 is 11.1 Å². The number of carbonyl (C=O) groups excluding carboxylic acids is 1. The number of Topliss-reactive ketones (excluding diaryl/α,β-unsaturated/α-hetero) is 1. The summed E-state index contributed by atoms with van der Waals surface area (Å²) in [4.78, 5) is 37.4. The molecule has 0 saturated carbocycles. The first-order valence-electron chi connectivity index (χ1n) is 8.57. The fourth-order valence-corrected chi connectivity index (χ4v) is 2.78. The van der Waals surface area contributed by atoms with Crippen LogP contribution in [0.15, 0.2) is 27.8 Å². The van der Waals surface area contributed by atoms with Crippen LogP contribution in [0.4, 0.5) is 11.5 Å². The Balaban J connectivity index is 2.39. The zero-order chi connectivity index (χ0) is 19.6. The largest absolute Gasteiger partial charge is 0.384 e. The van der Waals surface area contributed by atoms with Crippen LogP contribution >= 0.6 is 0 Å². The number of hydrogen-bond donors (Lipinski definition) is 2. The Morgan fingerprint density at radius 1 is 1.23 bits per heavy atom. The lowest BCUT2D eigenvalue weighted by Crippen LogP contribution is -2.43. The normalized spacial score (nSPS) is 11.0. The molecule has 1 aromatic heterocycles. The molecule has 0 spiro atoms. The Labute approximate surface area is 152 Å². The van der Waals surface area contributed by atoms with Crippen molar-refractivity contribution >= 4 is 17.3 Å². The van der Waals surface area contributed by atoms with Crippen molar-refractivity contribution in [2.24, 2.45) is 13.0 Å². The number of hydrogen-bond acceptors (Lipinski definition) is 5. The average Bonchev–Trinajstić information content (AvgIpc) is 2.57. The first-order chi connectivity index (χ1) is 12.1. The highest BCUT2D eigenvalue weighted by molar-refractivity contribution is 6.02. The molecule has 7 nitrogen and oxygen atoms in total. The molecule has 140 valence electrons. The number of carbonyl (C=O) groups is 1. The summed E-state index contributed by atoms with van der Waals surface area (Å²) in [5, 5.41) is 3.06. The van der Waals surface area contributed by atoms with Crippen LogP contribution in [0, 0.1) is 19.8 Å². The summed E-state index contributed by atoms with van der Waals surface area (Å²) < 4.78 is 2.22. The first-order valence-corrected chi connectivity index (χ1v) is 8.57. The molecule has 0 bridgehead atoms. The molecular weight excluding hydrogens is 332 g/mol. The molecule has 0 aliphatic heterocycles. The molecule has 0 radical (unpaired) electrons. The second kappa shape index (κ2) is 7.59. The minimum absolute atomic E-state index is 0.0698. The fourth-order valence-electron chi connectivity index (χ4n) is 2.78. The molecule has 0 fully saturated rings. The number of aromatic nitrogens is 2. The van der Waals surface area contributed by atoms with Crippen LogP contribution < -0.4 is 22.3 Å². The number of aryl methyl sites for hydroxylation is 2. The highest BCUT2D eigenvalue weighted by Gasteiger charge is 2.21. The minimum Gasteiger partial charge on any atom is -0.384 e. The van der Waals surface area contributed by atoms with E-state index in [-0.39, 0.29) is 23.8 Å². The molecule has 0 aliphatic rings. The molecule has 3 N–H and O–H groups in total. The van der Waals surface area contributed by atoms with Crippen LogP contribution in [-0.2, 0) is 13.6 Å². The fraction of sp³-hybridized carbons (Fsp3) is 0.421. The lowest BCUT2D eigenvalue weighted by molar-refractivity contribution is 0.100. The zero-order valence-corrected chi connectivity index (χ0v) is 15.9. The van der Waals surface area contributed by atoms with Gasteiger partial charge in [-0.05, 0) is 37.0 Å². The van der Waals surface area contributed by atoms with Gasteiger partial charge in [-0.3, -0.25) is 18.7 Å². The van der Waals surface area contributed by atoms with Gasteiger partial charge in [0.2, 0.25) is 0 Å². The highest BCUT2D eigenvalue weighted by Crippen LogP contribution is 2.16. The molecule has 0 atom stereocenters. The van der Waals surface area contributed by atoms with E-state index in [4.69, 9.17) is 5.73 Å². The van der Waals surface area contributed by atoms with Gasteiger partial charge >= 0.3 is 5.69 Å². The predicted molar refractivity (Wildman–Crippen MR) is 104 cm³/mol. The molecule has 2 aromatic rings. The van der Waals surface area contributed by atoms with Crippen LogP contribution in [0.2, 0.25) is 0 Å². The lowest BCUT2D eigenvalue weighted by Gasteiger charge is -2.16. The standard InChI is InChI=1S/C19H26N4O3/c1-11(2)10-23-17(20)16(18(25)22(5)19(23)26)15(24)9-21-14-8-12(3)6-7-13(14)4/h6-8,11,21H,9-10,20H2,1-5H3.